The normalized spacial score (nSPS) is 10.4. The van der Waals surface area contributed by atoms with Gasteiger partial charge in [0.25, 0.3) is 0 Å². The molecule has 0 amide bonds. The Morgan fingerprint density at radius 1 is 0.607 bits per heavy atom. The van der Waals surface area contributed by atoms with Gasteiger partial charge < -0.3 is 15.3 Å². The maximum absolute atomic E-state index is 9.97. The van der Waals surface area contributed by atoms with Crippen LogP contribution in [0.3, 0.4) is 0 Å². The monoisotopic (exact) mass is 420 g/mol. The fourth-order valence-electron chi connectivity index (χ4n) is 2.73. The molecule has 0 aromatic heterocycles. The second-order valence-electron chi connectivity index (χ2n) is 7.22. The summed E-state index contributed by atoms with van der Waals surface area (Å²) in [5, 5.41) is 25.0. The van der Waals surface area contributed by atoms with Crippen molar-refractivity contribution in [1.29, 1.82) is 0 Å². The van der Waals surface area contributed by atoms with Gasteiger partial charge in [-0.15, -0.1) is 0 Å². The van der Waals surface area contributed by atoms with Crippen molar-refractivity contribution >= 4 is 23.7 Å². The Hall–Kier alpha value is -0.750. The van der Waals surface area contributed by atoms with E-state index in [0.717, 1.165) is 6.42 Å². The fraction of sp³-hybridized carbons (Fsp3) is 0.909. The summed E-state index contributed by atoms with van der Waals surface area (Å²) >= 11 is 1.35. The van der Waals surface area contributed by atoms with Crippen LogP contribution in [0.4, 0.5) is 0 Å². The van der Waals surface area contributed by atoms with E-state index in [0.29, 0.717) is 18.1 Å². The topological polar surface area (TPSA) is 94.8 Å². The van der Waals surface area contributed by atoms with Crippen molar-refractivity contribution in [1.82, 2.24) is 0 Å². The molecule has 0 radical (unpaired) electrons. The second-order valence-corrected chi connectivity index (χ2v) is 8.44. The molecule has 0 spiro atoms. The van der Waals surface area contributed by atoms with Crippen LogP contribution in [0.1, 0.15) is 110 Å². The van der Waals surface area contributed by atoms with Crippen molar-refractivity contribution in [3.05, 3.63) is 0 Å². The average molecular weight is 421 g/mol. The highest BCUT2D eigenvalue weighted by atomic mass is 32.2. The summed E-state index contributed by atoms with van der Waals surface area (Å²) in [6, 6.07) is 0. The molecule has 0 aliphatic rings. The number of thioether (sulfide) groups is 1. The standard InChI is InChI=1S/C16H34O.C6H10O4S/c1-2-3-4-5-6-7-8-9-10-11-12-13-14-15-16-17;7-5(8)1-3-11-4-2-6(9)10/h17H,2-16H2,1H3;1-4H2,(H,7,8)(H,9,10). The van der Waals surface area contributed by atoms with Crippen LogP contribution in [0, 0.1) is 0 Å². The summed E-state index contributed by atoms with van der Waals surface area (Å²) in [6.07, 6.45) is 19.4. The van der Waals surface area contributed by atoms with E-state index in [2.05, 4.69) is 6.92 Å². The molecule has 0 saturated carbocycles. The smallest absolute Gasteiger partial charge is 0.304 e. The van der Waals surface area contributed by atoms with Crippen LogP contribution < -0.4 is 0 Å². The number of carbonyl (C=O) groups is 2. The Morgan fingerprint density at radius 2 is 0.929 bits per heavy atom. The zero-order chi connectivity index (χ0) is 21.3. The van der Waals surface area contributed by atoms with Crippen LogP contribution in [-0.2, 0) is 9.59 Å². The highest BCUT2D eigenvalue weighted by molar-refractivity contribution is 7.99. The molecule has 5 nitrogen and oxygen atoms in total. The van der Waals surface area contributed by atoms with E-state index in [1.165, 1.54) is 95.2 Å². The summed E-state index contributed by atoms with van der Waals surface area (Å²) in [4.78, 5) is 19.9. The van der Waals surface area contributed by atoms with Crippen LogP contribution >= 0.6 is 11.8 Å². The minimum Gasteiger partial charge on any atom is -0.481 e. The number of hydrogen-bond acceptors (Lipinski definition) is 4. The molecular weight excluding hydrogens is 376 g/mol. The number of unbranched alkanes of at least 4 members (excludes halogenated alkanes) is 13. The number of carboxylic acid groups (broad SMARTS) is 2. The zero-order valence-electron chi connectivity index (χ0n) is 18.0. The second kappa shape index (κ2) is 26.2. The highest BCUT2D eigenvalue weighted by Crippen LogP contribution is 2.12. The Morgan fingerprint density at radius 3 is 1.21 bits per heavy atom. The van der Waals surface area contributed by atoms with Gasteiger partial charge in [-0.25, -0.2) is 0 Å². The third-order valence-electron chi connectivity index (χ3n) is 4.43. The van der Waals surface area contributed by atoms with Crippen LogP contribution in [0.25, 0.3) is 0 Å². The summed E-state index contributed by atoms with van der Waals surface area (Å²) < 4.78 is 0. The first-order valence-corrected chi connectivity index (χ1v) is 12.3. The van der Waals surface area contributed by atoms with E-state index in [-0.39, 0.29) is 12.8 Å². The molecule has 0 fully saturated rings. The van der Waals surface area contributed by atoms with Gasteiger partial charge in [0.1, 0.15) is 0 Å². The first kappa shape index (κ1) is 29.5. The lowest BCUT2D eigenvalue weighted by Crippen LogP contribution is -1.99. The molecule has 0 aliphatic carbocycles. The van der Waals surface area contributed by atoms with E-state index >= 15 is 0 Å². The van der Waals surface area contributed by atoms with Gasteiger partial charge in [0.15, 0.2) is 0 Å². The Balaban J connectivity index is 0. The number of aliphatic hydroxyl groups excluding tert-OH is 1. The molecule has 0 aromatic rings. The number of aliphatic hydroxyl groups is 1. The predicted molar refractivity (Wildman–Crippen MR) is 119 cm³/mol. The summed E-state index contributed by atoms with van der Waals surface area (Å²) in [7, 11) is 0. The van der Waals surface area contributed by atoms with Crippen LogP contribution in [0.15, 0.2) is 0 Å². The number of aliphatic carboxylic acids is 2. The molecule has 0 saturated heterocycles. The van der Waals surface area contributed by atoms with Gasteiger partial charge in [-0.2, -0.15) is 11.8 Å². The van der Waals surface area contributed by atoms with Gasteiger partial charge in [0.05, 0.1) is 12.8 Å². The lowest BCUT2D eigenvalue weighted by molar-refractivity contribution is -0.137. The van der Waals surface area contributed by atoms with Gasteiger partial charge in [0, 0.05) is 18.1 Å². The predicted octanol–water partition coefficient (Wildman–Crippen LogP) is 6.13. The van der Waals surface area contributed by atoms with Crippen molar-refractivity contribution in [2.24, 2.45) is 0 Å². The molecule has 168 valence electrons. The van der Waals surface area contributed by atoms with Gasteiger partial charge in [-0.3, -0.25) is 9.59 Å². The lowest BCUT2D eigenvalue weighted by Gasteiger charge is -2.02. The molecule has 0 unspecified atom stereocenters. The summed E-state index contributed by atoms with van der Waals surface area (Å²) in [6.45, 7) is 2.65. The Kier molecular flexibility index (Phi) is 27.6. The molecule has 0 bridgehead atoms. The van der Waals surface area contributed by atoms with Crippen LogP contribution in [-0.4, -0.2) is 45.4 Å². The van der Waals surface area contributed by atoms with Crippen LogP contribution in [0.5, 0.6) is 0 Å². The fourth-order valence-corrected chi connectivity index (χ4v) is 3.57. The molecule has 28 heavy (non-hydrogen) atoms. The molecule has 0 heterocycles. The van der Waals surface area contributed by atoms with Crippen molar-refractivity contribution < 1.29 is 24.9 Å². The molecular formula is C22H44O5S. The average Bonchev–Trinajstić information content (AvgIpc) is 2.65. The summed E-state index contributed by atoms with van der Waals surface area (Å²) in [5.41, 5.74) is 0. The van der Waals surface area contributed by atoms with Crippen LogP contribution in [0.2, 0.25) is 0 Å². The van der Waals surface area contributed by atoms with Gasteiger partial charge in [-0.1, -0.05) is 90.4 Å². The van der Waals surface area contributed by atoms with Gasteiger partial charge >= 0.3 is 11.9 Å². The van der Waals surface area contributed by atoms with Crippen molar-refractivity contribution in [2.75, 3.05) is 18.1 Å². The number of hydrogen-bond donors (Lipinski definition) is 3. The van der Waals surface area contributed by atoms with Crippen molar-refractivity contribution in [2.45, 2.75) is 110 Å². The Labute approximate surface area is 176 Å². The first-order valence-electron chi connectivity index (χ1n) is 11.2. The molecule has 0 aromatic carbocycles. The maximum Gasteiger partial charge on any atom is 0.304 e. The molecule has 3 N–H and O–H groups in total. The third-order valence-corrected chi connectivity index (χ3v) is 5.42. The highest BCUT2D eigenvalue weighted by Gasteiger charge is 1.99. The van der Waals surface area contributed by atoms with E-state index in [4.69, 9.17) is 15.3 Å². The largest absolute Gasteiger partial charge is 0.481 e. The minimum atomic E-state index is -0.840. The van der Waals surface area contributed by atoms with Crippen molar-refractivity contribution in [3.8, 4) is 0 Å². The SMILES string of the molecule is CCCCCCCCCCCCCCCCO.O=C(O)CCSCCC(=O)O. The van der Waals surface area contributed by atoms with E-state index in [9.17, 15) is 9.59 Å². The quantitative estimate of drug-likeness (QED) is 0.205. The van der Waals surface area contributed by atoms with E-state index < -0.39 is 11.9 Å². The number of carboxylic acids is 2. The van der Waals surface area contributed by atoms with Crippen molar-refractivity contribution in [3.63, 3.8) is 0 Å². The number of rotatable bonds is 20. The first-order chi connectivity index (χ1) is 13.5. The molecule has 0 rings (SSSR count). The zero-order valence-corrected chi connectivity index (χ0v) is 18.8. The van der Waals surface area contributed by atoms with Gasteiger partial charge in [-0.05, 0) is 6.42 Å². The Bertz CT molecular complexity index is 307. The van der Waals surface area contributed by atoms with E-state index in [1.54, 1.807) is 0 Å². The molecule has 0 atom stereocenters. The van der Waals surface area contributed by atoms with Gasteiger partial charge in [0.2, 0.25) is 0 Å². The van der Waals surface area contributed by atoms with E-state index in [1.807, 2.05) is 0 Å². The minimum absolute atomic E-state index is 0.101. The summed E-state index contributed by atoms with van der Waals surface area (Å²) in [5.74, 6) is -0.703. The maximum atomic E-state index is 9.97. The molecule has 6 heteroatoms. The lowest BCUT2D eigenvalue weighted by atomic mass is 10.0. The third kappa shape index (κ3) is 32.9. The molecule has 0 aliphatic heterocycles.